The summed E-state index contributed by atoms with van der Waals surface area (Å²) >= 11 is 0. The van der Waals surface area contributed by atoms with Gasteiger partial charge in [0, 0.05) is 64.6 Å². The minimum atomic E-state index is 0.983. The molecule has 5 nitrogen and oxygen atoms in total. The van der Waals surface area contributed by atoms with Crippen LogP contribution in [-0.4, -0.2) is 82.9 Å². The summed E-state index contributed by atoms with van der Waals surface area (Å²) in [5, 5.41) is 2.74. The van der Waals surface area contributed by atoms with E-state index in [2.05, 4.69) is 87.3 Å². The first-order valence-corrected chi connectivity index (χ1v) is 12.3. The molecule has 174 valence electrons. The van der Waals surface area contributed by atoms with Gasteiger partial charge in [0.1, 0.15) is 5.75 Å². The minimum Gasteiger partial charge on any atom is -0.495 e. The summed E-state index contributed by atoms with van der Waals surface area (Å²) in [5.41, 5.74) is 4.02. The van der Waals surface area contributed by atoms with Gasteiger partial charge in [0.25, 0.3) is 0 Å². The van der Waals surface area contributed by atoms with Gasteiger partial charge in [-0.25, -0.2) is 0 Å². The molecule has 3 aromatic carbocycles. The maximum Gasteiger partial charge on any atom is 0.142 e. The van der Waals surface area contributed by atoms with Crippen molar-refractivity contribution in [2.75, 3.05) is 82.9 Å². The van der Waals surface area contributed by atoms with Gasteiger partial charge in [-0.15, -0.1) is 0 Å². The van der Waals surface area contributed by atoms with Crippen LogP contribution in [0.3, 0.4) is 0 Å². The quantitative estimate of drug-likeness (QED) is 0.572. The average molecular weight is 445 g/mol. The van der Waals surface area contributed by atoms with Gasteiger partial charge in [0.2, 0.25) is 0 Å². The average Bonchev–Trinajstić information content (AvgIpc) is 2.88. The number of rotatable bonds is 6. The molecule has 2 heterocycles. The number of ether oxygens (including phenoxy) is 1. The van der Waals surface area contributed by atoms with E-state index in [0.717, 1.165) is 71.1 Å². The van der Waals surface area contributed by atoms with E-state index in [1.165, 1.54) is 27.7 Å². The molecule has 0 amide bonds. The monoisotopic (exact) mass is 444 g/mol. The summed E-state index contributed by atoms with van der Waals surface area (Å²) < 4.78 is 5.71. The Morgan fingerprint density at radius 3 is 2.27 bits per heavy atom. The highest BCUT2D eigenvalue weighted by Gasteiger charge is 2.21. The van der Waals surface area contributed by atoms with E-state index in [-0.39, 0.29) is 0 Å². The Bertz CT molecular complexity index is 1060. The zero-order valence-corrected chi connectivity index (χ0v) is 20.0. The fraction of sp³-hybridized carbons (Fsp3) is 0.429. The van der Waals surface area contributed by atoms with E-state index in [1.54, 1.807) is 7.11 Å². The van der Waals surface area contributed by atoms with Crippen LogP contribution < -0.4 is 14.5 Å². The molecule has 33 heavy (non-hydrogen) atoms. The van der Waals surface area contributed by atoms with Crippen molar-refractivity contribution in [1.82, 2.24) is 9.80 Å². The Balaban J connectivity index is 1.20. The van der Waals surface area contributed by atoms with E-state index in [4.69, 9.17) is 4.74 Å². The number of piperazine rings is 2. The third kappa shape index (κ3) is 4.94. The Kier molecular flexibility index (Phi) is 6.70. The van der Waals surface area contributed by atoms with Crippen LogP contribution in [0.2, 0.25) is 0 Å². The van der Waals surface area contributed by atoms with Crippen molar-refractivity contribution in [1.29, 1.82) is 0 Å². The highest BCUT2D eigenvalue weighted by molar-refractivity contribution is 5.85. The zero-order valence-electron chi connectivity index (χ0n) is 20.0. The molecule has 0 aliphatic carbocycles. The van der Waals surface area contributed by atoms with E-state index in [0.29, 0.717) is 0 Å². The van der Waals surface area contributed by atoms with Crippen LogP contribution in [0.4, 0.5) is 11.4 Å². The molecule has 0 spiro atoms. The Hall–Kier alpha value is -2.76. The molecule has 0 saturated carbocycles. The van der Waals surface area contributed by atoms with Crippen molar-refractivity contribution in [3.63, 3.8) is 0 Å². The molecule has 0 N–H and O–H groups in total. The third-order valence-corrected chi connectivity index (χ3v) is 7.32. The third-order valence-electron chi connectivity index (χ3n) is 7.32. The molecule has 5 heteroatoms. The molecule has 0 aromatic heterocycles. The molecule has 0 atom stereocenters. The largest absolute Gasteiger partial charge is 0.495 e. The maximum atomic E-state index is 5.71. The van der Waals surface area contributed by atoms with Gasteiger partial charge in [-0.1, -0.05) is 42.5 Å². The lowest BCUT2D eigenvalue weighted by Gasteiger charge is -2.38. The summed E-state index contributed by atoms with van der Waals surface area (Å²) in [5.74, 6) is 0.983. The molecule has 3 aromatic rings. The fourth-order valence-electron chi connectivity index (χ4n) is 5.19. The van der Waals surface area contributed by atoms with Gasteiger partial charge in [-0.2, -0.15) is 0 Å². The topological polar surface area (TPSA) is 22.2 Å². The second-order valence-electron chi connectivity index (χ2n) is 9.36. The molecule has 2 aliphatic rings. The second kappa shape index (κ2) is 10.0. The number of hydrogen-bond acceptors (Lipinski definition) is 5. The van der Waals surface area contributed by atoms with Crippen LogP contribution in [0, 0.1) is 0 Å². The summed E-state index contributed by atoms with van der Waals surface area (Å²) in [4.78, 5) is 10.0. The SMILES string of the molecule is COc1ccc(N2CCN(CCc3cccc4ccccc34)CC2)cc1N1CCN(C)CC1. The summed E-state index contributed by atoms with van der Waals surface area (Å²) in [7, 11) is 3.98. The number of methoxy groups -OCH3 is 1. The highest BCUT2D eigenvalue weighted by Crippen LogP contribution is 2.33. The van der Waals surface area contributed by atoms with Gasteiger partial charge < -0.3 is 19.4 Å². The molecular weight excluding hydrogens is 408 g/mol. The Labute approximate surface area is 198 Å². The van der Waals surface area contributed by atoms with Gasteiger partial charge >= 0.3 is 0 Å². The van der Waals surface area contributed by atoms with Gasteiger partial charge in [-0.3, -0.25) is 4.90 Å². The molecule has 2 aliphatic heterocycles. The van der Waals surface area contributed by atoms with Crippen molar-refractivity contribution >= 4 is 22.1 Å². The Morgan fingerprint density at radius 1 is 0.758 bits per heavy atom. The number of hydrogen-bond donors (Lipinski definition) is 0. The Morgan fingerprint density at radius 2 is 1.48 bits per heavy atom. The molecule has 0 radical (unpaired) electrons. The number of fused-ring (bicyclic) bond motifs is 1. The van der Waals surface area contributed by atoms with Crippen molar-refractivity contribution in [3.05, 3.63) is 66.2 Å². The van der Waals surface area contributed by atoms with Crippen molar-refractivity contribution < 1.29 is 4.74 Å². The number of benzene rings is 3. The van der Waals surface area contributed by atoms with Crippen LogP contribution in [0.1, 0.15) is 5.56 Å². The van der Waals surface area contributed by atoms with E-state index in [9.17, 15) is 0 Å². The van der Waals surface area contributed by atoms with Gasteiger partial charge in [0.15, 0.2) is 0 Å². The zero-order chi connectivity index (χ0) is 22.6. The smallest absolute Gasteiger partial charge is 0.142 e. The fourth-order valence-corrected chi connectivity index (χ4v) is 5.19. The van der Waals surface area contributed by atoms with E-state index in [1.807, 2.05) is 0 Å². The molecule has 0 bridgehead atoms. The van der Waals surface area contributed by atoms with Gasteiger partial charge in [0.05, 0.1) is 12.8 Å². The van der Waals surface area contributed by atoms with Crippen LogP contribution in [0.25, 0.3) is 10.8 Å². The van der Waals surface area contributed by atoms with E-state index < -0.39 is 0 Å². The number of likely N-dealkylation sites (N-methyl/N-ethyl adjacent to an activating group) is 1. The van der Waals surface area contributed by atoms with Crippen LogP contribution in [0.15, 0.2) is 60.7 Å². The second-order valence-corrected chi connectivity index (χ2v) is 9.36. The molecule has 2 saturated heterocycles. The number of anilines is 2. The lowest BCUT2D eigenvalue weighted by atomic mass is 10.0. The van der Waals surface area contributed by atoms with Crippen LogP contribution in [-0.2, 0) is 6.42 Å². The number of nitrogens with zero attached hydrogens (tertiary/aromatic N) is 4. The van der Waals surface area contributed by atoms with Crippen molar-refractivity contribution in [2.45, 2.75) is 6.42 Å². The highest BCUT2D eigenvalue weighted by atomic mass is 16.5. The maximum absolute atomic E-state index is 5.71. The standard InChI is InChI=1S/C28H36N4O/c1-29-14-18-32(19-15-29)27-22-25(10-11-28(27)33-2)31-20-16-30(17-21-31)13-12-24-8-5-7-23-6-3-4-9-26(23)24/h3-11,22H,12-21H2,1-2H3. The minimum absolute atomic E-state index is 0.983. The van der Waals surface area contributed by atoms with Gasteiger partial charge in [-0.05, 0) is 48.0 Å². The first kappa shape index (κ1) is 22.1. The lowest BCUT2D eigenvalue weighted by Crippen LogP contribution is -2.47. The summed E-state index contributed by atoms with van der Waals surface area (Å²) in [6.45, 7) is 9.80. The molecule has 0 unspecified atom stereocenters. The summed E-state index contributed by atoms with van der Waals surface area (Å²) in [6, 6.07) is 22.1. The van der Waals surface area contributed by atoms with Crippen molar-refractivity contribution in [2.24, 2.45) is 0 Å². The lowest BCUT2D eigenvalue weighted by molar-refractivity contribution is 0.261. The normalized spacial score (nSPS) is 18.1. The predicted molar refractivity (Wildman–Crippen MR) is 139 cm³/mol. The first-order valence-electron chi connectivity index (χ1n) is 12.3. The van der Waals surface area contributed by atoms with Crippen LogP contribution >= 0.6 is 0 Å². The van der Waals surface area contributed by atoms with Crippen molar-refractivity contribution in [3.8, 4) is 5.75 Å². The molecule has 5 rings (SSSR count). The first-order chi connectivity index (χ1) is 16.2. The molecular formula is C28H36N4O. The predicted octanol–water partition coefficient (Wildman–Crippen LogP) is 3.96. The van der Waals surface area contributed by atoms with Crippen LogP contribution in [0.5, 0.6) is 5.75 Å². The van der Waals surface area contributed by atoms with E-state index >= 15 is 0 Å². The molecule has 2 fully saturated rings. The summed E-state index contributed by atoms with van der Waals surface area (Å²) in [6.07, 6.45) is 1.11.